The molecule has 0 aromatic heterocycles. The molecule has 0 fully saturated rings. The van der Waals surface area contributed by atoms with Crippen LogP contribution in [-0.2, 0) is 0 Å². The highest BCUT2D eigenvalue weighted by Gasteiger charge is 2.22. The van der Waals surface area contributed by atoms with Crippen molar-refractivity contribution in [1.29, 1.82) is 0 Å². The topological polar surface area (TPSA) is 9.23 Å². The lowest BCUT2D eigenvalue weighted by atomic mass is 9.86. The summed E-state index contributed by atoms with van der Waals surface area (Å²) in [5.41, 5.74) is 4.03. The highest BCUT2D eigenvalue weighted by Crippen LogP contribution is 2.37. The van der Waals surface area contributed by atoms with Crippen LogP contribution in [0.3, 0.4) is 0 Å². The van der Waals surface area contributed by atoms with E-state index in [-0.39, 0.29) is 0 Å². The Hall–Kier alpha value is -1.76. The third kappa shape index (κ3) is 1.93. The summed E-state index contributed by atoms with van der Waals surface area (Å²) in [7, 11) is 0. The molecule has 0 radical (unpaired) electrons. The molecular weight excluding hydrogens is 208 g/mol. The SMILES string of the molecule is Cc1ccc(C2CCOc3ccccc32)cc1. The Balaban J connectivity index is 2.03. The molecule has 0 N–H and O–H groups in total. The van der Waals surface area contributed by atoms with E-state index >= 15 is 0 Å². The predicted octanol–water partition coefficient (Wildman–Crippen LogP) is 3.91. The molecule has 1 unspecified atom stereocenters. The van der Waals surface area contributed by atoms with E-state index in [0.717, 1.165) is 18.8 Å². The van der Waals surface area contributed by atoms with Gasteiger partial charge in [-0.05, 0) is 25.0 Å². The summed E-state index contributed by atoms with van der Waals surface area (Å²) >= 11 is 0. The van der Waals surface area contributed by atoms with E-state index < -0.39 is 0 Å². The maximum absolute atomic E-state index is 5.70. The highest BCUT2D eigenvalue weighted by atomic mass is 16.5. The van der Waals surface area contributed by atoms with Gasteiger partial charge in [-0.1, -0.05) is 48.0 Å². The van der Waals surface area contributed by atoms with Gasteiger partial charge in [-0.3, -0.25) is 0 Å². The van der Waals surface area contributed by atoms with Crippen LogP contribution >= 0.6 is 0 Å². The summed E-state index contributed by atoms with van der Waals surface area (Å²) < 4.78 is 5.70. The van der Waals surface area contributed by atoms with Gasteiger partial charge < -0.3 is 4.74 Å². The largest absolute Gasteiger partial charge is 0.493 e. The van der Waals surface area contributed by atoms with Crippen molar-refractivity contribution in [3.63, 3.8) is 0 Å². The molecule has 2 aromatic rings. The second-order valence-corrected chi connectivity index (χ2v) is 4.64. The van der Waals surface area contributed by atoms with E-state index in [9.17, 15) is 0 Å². The zero-order chi connectivity index (χ0) is 11.7. The summed E-state index contributed by atoms with van der Waals surface area (Å²) in [6, 6.07) is 17.2. The number of hydrogen-bond acceptors (Lipinski definition) is 1. The minimum atomic E-state index is 0.487. The average Bonchev–Trinajstić information content (AvgIpc) is 2.39. The fraction of sp³-hybridized carbons (Fsp3) is 0.250. The molecule has 1 heterocycles. The van der Waals surface area contributed by atoms with Gasteiger partial charge in [-0.15, -0.1) is 0 Å². The van der Waals surface area contributed by atoms with Crippen molar-refractivity contribution >= 4 is 0 Å². The molecule has 0 aliphatic carbocycles. The second-order valence-electron chi connectivity index (χ2n) is 4.64. The van der Waals surface area contributed by atoms with E-state index in [2.05, 4.69) is 49.4 Å². The maximum Gasteiger partial charge on any atom is 0.123 e. The summed E-state index contributed by atoms with van der Waals surface area (Å²) in [6.07, 6.45) is 1.07. The van der Waals surface area contributed by atoms with Crippen LogP contribution < -0.4 is 4.74 Å². The first-order valence-corrected chi connectivity index (χ1v) is 6.13. The fourth-order valence-electron chi connectivity index (χ4n) is 2.49. The van der Waals surface area contributed by atoms with Gasteiger partial charge in [-0.2, -0.15) is 0 Å². The van der Waals surface area contributed by atoms with E-state index in [1.165, 1.54) is 16.7 Å². The molecule has 17 heavy (non-hydrogen) atoms. The number of ether oxygens (including phenoxy) is 1. The van der Waals surface area contributed by atoms with Gasteiger partial charge in [-0.25, -0.2) is 0 Å². The molecule has 1 aliphatic rings. The summed E-state index contributed by atoms with van der Waals surface area (Å²) in [4.78, 5) is 0. The van der Waals surface area contributed by atoms with Crippen molar-refractivity contribution in [2.24, 2.45) is 0 Å². The van der Waals surface area contributed by atoms with Crippen molar-refractivity contribution in [3.8, 4) is 5.75 Å². The predicted molar refractivity (Wildman–Crippen MR) is 69.6 cm³/mol. The van der Waals surface area contributed by atoms with Gasteiger partial charge in [0.2, 0.25) is 0 Å². The monoisotopic (exact) mass is 224 g/mol. The van der Waals surface area contributed by atoms with Crippen LogP contribution in [0, 0.1) is 6.92 Å². The molecule has 0 saturated carbocycles. The van der Waals surface area contributed by atoms with Crippen molar-refractivity contribution in [2.75, 3.05) is 6.61 Å². The quantitative estimate of drug-likeness (QED) is 0.713. The van der Waals surface area contributed by atoms with Crippen LogP contribution in [0.4, 0.5) is 0 Å². The van der Waals surface area contributed by atoms with Crippen molar-refractivity contribution in [2.45, 2.75) is 19.3 Å². The summed E-state index contributed by atoms with van der Waals surface area (Å²) in [6.45, 7) is 2.94. The highest BCUT2D eigenvalue weighted by molar-refractivity contribution is 5.43. The molecule has 0 bridgehead atoms. The third-order valence-corrected chi connectivity index (χ3v) is 3.44. The smallest absolute Gasteiger partial charge is 0.123 e. The Morgan fingerprint density at radius 3 is 2.59 bits per heavy atom. The average molecular weight is 224 g/mol. The Morgan fingerprint density at radius 1 is 1.00 bits per heavy atom. The van der Waals surface area contributed by atoms with Gasteiger partial charge in [0.25, 0.3) is 0 Å². The van der Waals surface area contributed by atoms with Crippen LogP contribution in [0.2, 0.25) is 0 Å². The Bertz CT molecular complexity index is 513. The molecule has 1 atom stereocenters. The molecule has 86 valence electrons. The molecule has 1 aliphatic heterocycles. The standard InChI is InChI=1S/C16H16O/c1-12-6-8-13(9-7-12)14-10-11-17-16-5-3-2-4-15(14)16/h2-9,14H,10-11H2,1H3. The van der Waals surface area contributed by atoms with Crippen LogP contribution in [0.5, 0.6) is 5.75 Å². The Labute approximate surface area is 102 Å². The summed E-state index contributed by atoms with van der Waals surface area (Å²) in [5, 5.41) is 0. The minimum Gasteiger partial charge on any atom is -0.493 e. The van der Waals surface area contributed by atoms with E-state index in [1.54, 1.807) is 0 Å². The van der Waals surface area contributed by atoms with Crippen molar-refractivity contribution in [3.05, 3.63) is 65.2 Å². The van der Waals surface area contributed by atoms with Crippen LogP contribution in [0.15, 0.2) is 48.5 Å². The number of rotatable bonds is 1. The van der Waals surface area contributed by atoms with Gasteiger partial charge in [0.1, 0.15) is 5.75 Å². The lowest BCUT2D eigenvalue weighted by Gasteiger charge is -2.26. The van der Waals surface area contributed by atoms with Crippen LogP contribution in [0.25, 0.3) is 0 Å². The van der Waals surface area contributed by atoms with Crippen molar-refractivity contribution < 1.29 is 4.74 Å². The number of benzene rings is 2. The normalized spacial score (nSPS) is 18.3. The first-order chi connectivity index (χ1) is 8.34. The molecule has 2 aromatic carbocycles. The number of aryl methyl sites for hydroxylation is 1. The molecule has 0 spiro atoms. The second kappa shape index (κ2) is 4.25. The molecule has 1 nitrogen and oxygen atoms in total. The van der Waals surface area contributed by atoms with Crippen molar-refractivity contribution in [1.82, 2.24) is 0 Å². The fourth-order valence-corrected chi connectivity index (χ4v) is 2.49. The Morgan fingerprint density at radius 2 is 1.76 bits per heavy atom. The van der Waals surface area contributed by atoms with Gasteiger partial charge in [0.05, 0.1) is 6.61 Å². The molecular formula is C16H16O. The number of hydrogen-bond donors (Lipinski definition) is 0. The molecule has 0 amide bonds. The lowest BCUT2D eigenvalue weighted by Crippen LogP contribution is -2.14. The summed E-state index contributed by atoms with van der Waals surface area (Å²) in [5.74, 6) is 1.53. The molecule has 3 rings (SSSR count). The van der Waals surface area contributed by atoms with Gasteiger partial charge in [0, 0.05) is 11.5 Å². The van der Waals surface area contributed by atoms with Crippen LogP contribution in [0.1, 0.15) is 29.0 Å². The molecule has 1 heteroatoms. The Kier molecular flexibility index (Phi) is 2.60. The maximum atomic E-state index is 5.70. The number of para-hydroxylation sites is 1. The van der Waals surface area contributed by atoms with Gasteiger partial charge in [0.15, 0.2) is 0 Å². The van der Waals surface area contributed by atoms with E-state index in [1.807, 2.05) is 6.07 Å². The first-order valence-electron chi connectivity index (χ1n) is 6.13. The molecule has 0 saturated heterocycles. The number of fused-ring (bicyclic) bond motifs is 1. The third-order valence-electron chi connectivity index (χ3n) is 3.44. The zero-order valence-corrected chi connectivity index (χ0v) is 10.0. The lowest BCUT2D eigenvalue weighted by molar-refractivity contribution is 0.277. The van der Waals surface area contributed by atoms with Gasteiger partial charge >= 0.3 is 0 Å². The van der Waals surface area contributed by atoms with Crippen LogP contribution in [-0.4, -0.2) is 6.61 Å². The van der Waals surface area contributed by atoms with E-state index in [0.29, 0.717) is 5.92 Å². The van der Waals surface area contributed by atoms with E-state index in [4.69, 9.17) is 4.74 Å². The zero-order valence-electron chi connectivity index (χ0n) is 10.0. The minimum absolute atomic E-state index is 0.487. The first kappa shape index (κ1) is 10.4.